The molecule has 1 saturated heterocycles. The fourth-order valence-corrected chi connectivity index (χ4v) is 3.61. The van der Waals surface area contributed by atoms with Gasteiger partial charge in [0.2, 0.25) is 0 Å². The molecule has 1 aliphatic heterocycles. The summed E-state index contributed by atoms with van der Waals surface area (Å²) in [7, 11) is 0. The molecule has 0 radical (unpaired) electrons. The molecule has 11 heteroatoms. The van der Waals surface area contributed by atoms with Gasteiger partial charge in [0, 0.05) is 18.1 Å². The number of para-hydroxylation sites is 1. The van der Waals surface area contributed by atoms with Crippen molar-refractivity contribution in [3.05, 3.63) is 94.5 Å². The van der Waals surface area contributed by atoms with Crippen LogP contribution in [-0.2, 0) is 14.3 Å². The summed E-state index contributed by atoms with van der Waals surface area (Å²) in [6.45, 7) is 1.78. The van der Waals surface area contributed by atoms with Crippen LogP contribution in [-0.4, -0.2) is 61.1 Å². The van der Waals surface area contributed by atoms with Gasteiger partial charge in [-0.25, -0.2) is 10.2 Å². The molecule has 0 bridgehead atoms. The van der Waals surface area contributed by atoms with Gasteiger partial charge in [0.1, 0.15) is 5.75 Å². The second kappa shape index (κ2) is 12.6. The zero-order valence-electron chi connectivity index (χ0n) is 20.1. The Bertz CT molecular complexity index is 1350. The van der Waals surface area contributed by atoms with Crippen molar-refractivity contribution in [2.45, 2.75) is 0 Å². The average molecular weight is 535 g/mol. The molecule has 38 heavy (non-hydrogen) atoms. The first-order chi connectivity index (χ1) is 18.4. The first-order valence-corrected chi connectivity index (χ1v) is 12.0. The Labute approximate surface area is 223 Å². The van der Waals surface area contributed by atoms with E-state index in [4.69, 9.17) is 21.1 Å². The van der Waals surface area contributed by atoms with Gasteiger partial charge in [-0.1, -0.05) is 23.7 Å². The van der Waals surface area contributed by atoms with E-state index in [-0.39, 0.29) is 17.2 Å². The number of amides is 3. The molecule has 3 amide bonds. The Morgan fingerprint density at radius 2 is 1.58 bits per heavy atom. The van der Waals surface area contributed by atoms with Crippen molar-refractivity contribution in [3.8, 4) is 5.75 Å². The smallest absolute Gasteiger partial charge is 0.343 e. The Morgan fingerprint density at radius 1 is 0.895 bits per heavy atom. The Balaban J connectivity index is 1.30. The number of benzene rings is 3. The van der Waals surface area contributed by atoms with Gasteiger partial charge in [-0.05, 0) is 66.2 Å². The van der Waals surface area contributed by atoms with Crippen LogP contribution < -0.4 is 15.5 Å². The van der Waals surface area contributed by atoms with E-state index in [2.05, 4.69) is 15.8 Å². The second-order valence-corrected chi connectivity index (χ2v) is 8.51. The molecule has 2 N–H and O–H groups in total. The zero-order valence-corrected chi connectivity index (χ0v) is 20.8. The maximum absolute atomic E-state index is 12.8. The number of hydrogen-bond donors (Lipinski definition) is 2. The van der Waals surface area contributed by atoms with Crippen LogP contribution in [0.15, 0.2) is 77.9 Å². The molecule has 3 aromatic carbocycles. The van der Waals surface area contributed by atoms with E-state index in [9.17, 15) is 19.2 Å². The summed E-state index contributed by atoms with van der Waals surface area (Å²) in [6, 6.07) is 19.1. The zero-order chi connectivity index (χ0) is 26.9. The van der Waals surface area contributed by atoms with E-state index in [1.54, 1.807) is 77.7 Å². The molecule has 0 atom stereocenters. The van der Waals surface area contributed by atoms with E-state index in [0.29, 0.717) is 48.2 Å². The van der Waals surface area contributed by atoms with E-state index in [0.717, 1.165) is 0 Å². The number of hydrogen-bond acceptors (Lipinski definition) is 7. The molecule has 3 aromatic rings. The highest BCUT2D eigenvalue weighted by Crippen LogP contribution is 2.18. The highest BCUT2D eigenvalue weighted by molar-refractivity contribution is 6.40. The summed E-state index contributed by atoms with van der Waals surface area (Å²) in [5.41, 5.74) is 3.58. The van der Waals surface area contributed by atoms with Crippen LogP contribution in [0.1, 0.15) is 26.3 Å². The summed E-state index contributed by atoms with van der Waals surface area (Å²) in [6.07, 6.45) is 1.33. The molecule has 1 heterocycles. The lowest BCUT2D eigenvalue weighted by Gasteiger charge is -2.27. The van der Waals surface area contributed by atoms with E-state index in [1.165, 1.54) is 6.21 Å². The third-order valence-electron chi connectivity index (χ3n) is 5.46. The van der Waals surface area contributed by atoms with Gasteiger partial charge in [-0.2, -0.15) is 5.10 Å². The van der Waals surface area contributed by atoms with Crippen LogP contribution >= 0.6 is 11.6 Å². The number of hydrazone groups is 1. The van der Waals surface area contributed by atoms with Gasteiger partial charge in [0.15, 0.2) is 0 Å². The molecule has 0 aliphatic carbocycles. The number of nitrogens with zero attached hydrogens (tertiary/aromatic N) is 2. The number of esters is 1. The van der Waals surface area contributed by atoms with Crippen LogP contribution in [0, 0.1) is 0 Å². The molecule has 4 rings (SSSR count). The minimum atomic E-state index is -1.01. The number of nitrogens with one attached hydrogen (secondary N) is 2. The molecule has 0 spiro atoms. The molecule has 1 aliphatic rings. The number of carbonyl (C=O) groups is 4. The normalized spacial score (nSPS) is 13.1. The SMILES string of the molecule is O=C(NN=Cc1ccc(OC(=O)c2ccc(Cl)cc2)cc1)C(=O)Nc1ccccc1C(=O)N1CCOCC1. The second-order valence-electron chi connectivity index (χ2n) is 8.07. The van der Waals surface area contributed by atoms with Gasteiger partial charge in [-0.3, -0.25) is 14.4 Å². The third-order valence-corrected chi connectivity index (χ3v) is 5.71. The van der Waals surface area contributed by atoms with Gasteiger partial charge >= 0.3 is 17.8 Å². The molecule has 0 aromatic heterocycles. The first-order valence-electron chi connectivity index (χ1n) is 11.6. The van der Waals surface area contributed by atoms with E-state index in [1.807, 2.05) is 0 Å². The van der Waals surface area contributed by atoms with Crippen LogP contribution in [0.25, 0.3) is 0 Å². The monoisotopic (exact) mass is 534 g/mol. The maximum atomic E-state index is 12.8. The fourth-order valence-electron chi connectivity index (χ4n) is 3.48. The fraction of sp³-hybridized carbons (Fsp3) is 0.148. The number of halogens is 1. The lowest BCUT2D eigenvalue weighted by molar-refractivity contribution is -0.136. The van der Waals surface area contributed by atoms with Crippen molar-refractivity contribution in [2.75, 3.05) is 31.6 Å². The van der Waals surface area contributed by atoms with Crippen molar-refractivity contribution >= 4 is 47.2 Å². The Hall–Kier alpha value is -4.54. The molecule has 0 unspecified atom stereocenters. The predicted molar refractivity (Wildman–Crippen MR) is 140 cm³/mol. The van der Waals surface area contributed by atoms with Gasteiger partial charge in [0.25, 0.3) is 5.91 Å². The van der Waals surface area contributed by atoms with Crippen LogP contribution in [0.2, 0.25) is 5.02 Å². The minimum absolute atomic E-state index is 0.219. The van der Waals surface area contributed by atoms with Crippen molar-refractivity contribution in [1.82, 2.24) is 10.3 Å². The summed E-state index contributed by atoms with van der Waals surface area (Å²) >= 11 is 5.82. The number of morpholine rings is 1. The van der Waals surface area contributed by atoms with Gasteiger partial charge in [0.05, 0.1) is 36.2 Å². The van der Waals surface area contributed by atoms with E-state index >= 15 is 0 Å². The third kappa shape index (κ3) is 7.02. The Kier molecular flexibility index (Phi) is 8.81. The quantitative estimate of drug-likeness (QED) is 0.164. The standard InChI is InChI=1S/C27H23ClN4O6/c28-20-9-7-19(8-10-20)27(36)38-21-11-5-18(6-12-21)17-29-31-25(34)24(33)30-23-4-2-1-3-22(23)26(35)32-13-15-37-16-14-32/h1-12,17H,13-16H2,(H,30,33)(H,31,34). The predicted octanol–water partition coefficient (Wildman–Crippen LogP) is 3.12. The van der Waals surface area contributed by atoms with Crippen molar-refractivity contribution in [2.24, 2.45) is 5.10 Å². The van der Waals surface area contributed by atoms with Crippen LogP contribution in [0.5, 0.6) is 5.75 Å². The average Bonchev–Trinajstić information content (AvgIpc) is 2.94. The molecular weight excluding hydrogens is 512 g/mol. The number of rotatable bonds is 6. The van der Waals surface area contributed by atoms with Crippen LogP contribution in [0.4, 0.5) is 5.69 Å². The first kappa shape index (κ1) is 26.5. The lowest BCUT2D eigenvalue weighted by Crippen LogP contribution is -2.41. The van der Waals surface area contributed by atoms with Crippen molar-refractivity contribution < 1.29 is 28.7 Å². The summed E-state index contributed by atoms with van der Waals surface area (Å²) in [5.74, 6) is -2.47. The van der Waals surface area contributed by atoms with E-state index < -0.39 is 17.8 Å². The Morgan fingerprint density at radius 3 is 2.29 bits per heavy atom. The molecule has 1 fully saturated rings. The number of anilines is 1. The summed E-state index contributed by atoms with van der Waals surface area (Å²) in [5, 5.41) is 6.76. The van der Waals surface area contributed by atoms with Crippen LogP contribution in [0.3, 0.4) is 0 Å². The molecule has 194 valence electrons. The number of carbonyl (C=O) groups excluding carboxylic acids is 4. The molecule has 10 nitrogen and oxygen atoms in total. The maximum Gasteiger partial charge on any atom is 0.343 e. The van der Waals surface area contributed by atoms with Gasteiger partial charge < -0.3 is 19.7 Å². The van der Waals surface area contributed by atoms with Crippen molar-refractivity contribution in [1.29, 1.82) is 0 Å². The largest absolute Gasteiger partial charge is 0.423 e. The summed E-state index contributed by atoms with van der Waals surface area (Å²) < 4.78 is 10.6. The molecule has 0 saturated carbocycles. The van der Waals surface area contributed by atoms with Crippen molar-refractivity contribution in [3.63, 3.8) is 0 Å². The topological polar surface area (TPSA) is 126 Å². The van der Waals surface area contributed by atoms with Gasteiger partial charge in [-0.15, -0.1) is 0 Å². The minimum Gasteiger partial charge on any atom is -0.423 e. The lowest BCUT2D eigenvalue weighted by atomic mass is 10.1. The highest BCUT2D eigenvalue weighted by Gasteiger charge is 2.23. The summed E-state index contributed by atoms with van der Waals surface area (Å²) in [4.78, 5) is 51.3. The molecular formula is C27H23ClN4O6. The number of ether oxygens (including phenoxy) is 2. The highest BCUT2D eigenvalue weighted by atomic mass is 35.5.